The maximum Gasteiger partial charge on any atom is 0.262 e. The number of carbonyl (C=O) groups is 1. The first-order chi connectivity index (χ1) is 14.1. The smallest absolute Gasteiger partial charge is 0.262 e. The van der Waals surface area contributed by atoms with Gasteiger partial charge in [-0.2, -0.15) is 0 Å². The standard InChI is InChI=1S/C25H28N2OS/c1-18-7-9-20(10-8-18)23-13-16-29-24(23)25(28)26-22-11-14-27(15-12-22)17-21-6-4-3-5-19(21)2/h3-10,13,16,22H,11-12,14-15,17H2,1-2H3,(H,26,28). The zero-order chi connectivity index (χ0) is 20.2. The summed E-state index contributed by atoms with van der Waals surface area (Å²) in [5.41, 5.74) is 6.12. The lowest BCUT2D eigenvalue weighted by molar-refractivity contribution is 0.0913. The Balaban J connectivity index is 1.34. The molecular formula is C25H28N2OS. The van der Waals surface area contributed by atoms with Crippen molar-refractivity contribution in [1.82, 2.24) is 10.2 Å². The van der Waals surface area contributed by atoms with Crippen molar-refractivity contribution in [3.8, 4) is 11.1 Å². The van der Waals surface area contributed by atoms with Crippen LogP contribution in [0.3, 0.4) is 0 Å². The number of piperidine rings is 1. The lowest BCUT2D eigenvalue weighted by Crippen LogP contribution is -2.44. The molecule has 0 aliphatic carbocycles. The largest absolute Gasteiger partial charge is 0.348 e. The summed E-state index contributed by atoms with van der Waals surface area (Å²) in [4.78, 5) is 16.2. The van der Waals surface area contributed by atoms with Gasteiger partial charge in [0.2, 0.25) is 0 Å². The van der Waals surface area contributed by atoms with E-state index in [1.165, 1.54) is 28.0 Å². The first-order valence-electron chi connectivity index (χ1n) is 10.3. The molecule has 0 atom stereocenters. The SMILES string of the molecule is Cc1ccc(-c2ccsc2C(=O)NC2CCN(Cc3ccccc3C)CC2)cc1. The highest BCUT2D eigenvalue weighted by atomic mass is 32.1. The Morgan fingerprint density at radius 2 is 1.76 bits per heavy atom. The van der Waals surface area contributed by atoms with Crippen LogP contribution in [0, 0.1) is 13.8 Å². The lowest BCUT2D eigenvalue weighted by Gasteiger charge is -2.32. The van der Waals surface area contributed by atoms with E-state index in [0.717, 1.165) is 48.5 Å². The number of likely N-dealkylation sites (tertiary alicyclic amines) is 1. The summed E-state index contributed by atoms with van der Waals surface area (Å²) in [6.07, 6.45) is 2.01. The minimum absolute atomic E-state index is 0.0629. The van der Waals surface area contributed by atoms with Gasteiger partial charge in [-0.1, -0.05) is 54.1 Å². The molecule has 0 saturated carbocycles. The van der Waals surface area contributed by atoms with Crippen molar-refractivity contribution in [2.45, 2.75) is 39.3 Å². The Hall–Kier alpha value is -2.43. The normalized spacial score (nSPS) is 15.4. The highest BCUT2D eigenvalue weighted by Gasteiger charge is 2.23. The van der Waals surface area contributed by atoms with Gasteiger partial charge in [0, 0.05) is 31.2 Å². The summed E-state index contributed by atoms with van der Waals surface area (Å²) in [6.45, 7) is 7.30. The molecule has 3 aromatic rings. The quantitative estimate of drug-likeness (QED) is 0.615. The number of nitrogens with one attached hydrogen (secondary N) is 1. The molecule has 3 nitrogen and oxygen atoms in total. The molecule has 1 fully saturated rings. The molecule has 1 aliphatic rings. The Labute approximate surface area is 177 Å². The number of amides is 1. The van der Waals surface area contributed by atoms with Crippen LogP contribution in [-0.2, 0) is 6.54 Å². The maximum absolute atomic E-state index is 12.9. The van der Waals surface area contributed by atoms with Crippen molar-refractivity contribution in [2.75, 3.05) is 13.1 Å². The monoisotopic (exact) mass is 404 g/mol. The molecule has 2 heterocycles. The van der Waals surface area contributed by atoms with Gasteiger partial charge in [-0.3, -0.25) is 9.69 Å². The summed E-state index contributed by atoms with van der Waals surface area (Å²) in [7, 11) is 0. The lowest BCUT2D eigenvalue weighted by atomic mass is 10.0. The molecule has 0 unspecified atom stereocenters. The van der Waals surface area contributed by atoms with E-state index < -0.39 is 0 Å². The Morgan fingerprint density at radius 3 is 2.48 bits per heavy atom. The third-order valence-electron chi connectivity index (χ3n) is 5.81. The Morgan fingerprint density at radius 1 is 1.03 bits per heavy atom. The van der Waals surface area contributed by atoms with Crippen LogP contribution >= 0.6 is 11.3 Å². The van der Waals surface area contributed by atoms with Crippen LogP contribution in [-0.4, -0.2) is 29.9 Å². The van der Waals surface area contributed by atoms with E-state index in [2.05, 4.69) is 78.7 Å². The minimum Gasteiger partial charge on any atom is -0.348 e. The number of thiophene rings is 1. The molecule has 0 spiro atoms. The van der Waals surface area contributed by atoms with Crippen molar-refractivity contribution >= 4 is 17.2 Å². The second-order valence-electron chi connectivity index (χ2n) is 7.98. The van der Waals surface area contributed by atoms with Crippen LogP contribution in [0.4, 0.5) is 0 Å². The van der Waals surface area contributed by atoms with Crippen molar-refractivity contribution in [1.29, 1.82) is 0 Å². The van der Waals surface area contributed by atoms with Gasteiger partial charge in [0.25, 0.3) is 5.91 Å². The predicted octanol–water partition coefficient (Wildman–Crippen LogP) is 5.43. The first kappa shape index (κ1) is 19.9. The van der Waals surface area contributed by atoms with Crippen LogP contribution in [0.2, 0.25) is 0 Å². The highest BCUT2D eigenvalue weighted by Crippen LogP contribution is 2.29. The number of rotatable bonds is 5. The van der Waals surface area contributed by atoms with Gasteiger partial charge in [-0.15, -0.1) is 11.3 Å². The Kier molecular flexibility index (Phi) is 6.12. The van der Waals surface area contributed by atoms with Crippen LogP contribution in [0.1, 0.15) is 39.2 Å². The number of hydrogen-bond acceptors (Lipinski definition) is 3. The van der Waals surface area contributed by atoms with Crippen molar-refractivity contribution < 1.29 is 4.79 Å². The van der Waals surface area contributed by atoms with E-state index in [1.807, 2.05) is 5.38 Å². The summed E-state index contributed by atoms with van der Waals surface area (Å²) in [6, 6.07) is 19.3. The van der Waals surface area contributed by atoms with Crippen molar-refractivity contribution in [3.05, 3.63) is 81.5 Å². The van der Waals surface area contributed by atoms with E-state index in [0.29, 0.717) is 0 Å². The third kappa shape index (κ3) is 4.77. The second kappa shape index (κ2) is 8.93. The molecule has 1 aromatic heterocycles. The van der Waals surface area contributed by atoms with Gasteiger partial charge in [0.05, 0.1) is 4.88 Å². The highest BCUT2D eigenvalue weighted by molar-refractivity contribution is 7.12. The van der Waals surface area contributed by atoms with Gasteiger partial charge in [-0.05, 0) is 54.8 Å². The van der Waals surface area contributed by atoms with Crippen LogP contribution in [0.15, 0.2) is 60.0 Å². The molecule has 1 aliphatic heterocycles. The molecule has 0 radical (unpaired) electrons. The third-order valence-corrected chi connectivity index (χ3v) is 6.73. The van der Waals surface area contributed by atoms with Gasteiger partial charge < -0.3 is 5.32 Å². The van der Waals surface area contributed by atoms with E-state index in [4.69, 9.17) is 0 Å². The minimum atomic E-state index is 0.0629. The first-order valence-corrected chi connectivity index (χ1v) is 11.2. The fraction of sp³-hybridized carbons (Fsp3) is 0.320. The van der Waals surface area contributed by atoms with E-state index >= 15 is 0 Å². The predicted molar refractivity (Wildman–Crippen MR) is 121 cm³/mol. The number of aryl methyl sites for hydroxylation is 2. The zero-order valence-electron chi connectivity index (χ0n) is 17.2. The number of hydrogen-bond donors (Lipinski definition) is 1. The van der Waals surface area contributed by atoms with Crippen molar-refractivity contribution in [2.24, 2.45) is 0 Å². The van der Waals surface area contributed by atoms with Crippen molar-refractivity contribution in [3.63, 3.8) is 0 Å². The summed E-state index contributed by atoms with van der Waals surface area (Å²) in [5, 5.41) is 5.29. The number of benzene rings is 2. The van der Waals surface area contributed by atoms with Crippen LogP contribution < -0.4 is 5.32 Å². The molecule has 1 saturated heterocycles. The topological polar surface area (TPSA) is 32.3 Å². The molecule has 2 aromatic carbocycles. The zero-order valence-corrected chi connectivity index (χ0v) is 18.0. The molecule has 150 valence electrons. The van der Waals surface area contributed by atoms with E-state index in [-0.39, 0.29) is 11.9 Å². The fourth-order valence-corrected chi connectivity index (χ4v) is 4.78. The number of carbonyl (C=O) groups excluding carboxylic acids is 1. The molecule has 0 bridgehead atoms. The van der Waals surface area contributed by atoms with Gasteiger partial charge in [0.1, 0.15) is 0 Å². The van der Waals surface area contributed by atoms with Crippen LogP contribution in [0.25, 0.3) is 11.1 Å². The second-order valence-corrected chi connectivity index (χ2v) is 8.90. The molecule has 1 N–H and O–H groups in total. The average molecular weight is 405 g/mol. The molecular weight excluding hydrogens is 376 g/mol. The van der Waals surface area contributed by atoms with Gasteiger partial charge >= 0.3 is 0 Å². The number of nitrogens with zero attached hydrogens (tertiary/aromatic N) is 1. The average Bonchev–Trinajstić information content (AvgIpc) is 3.22. The molecule has 4 heteroatoms. The van der Waals surface area contributed by atoms with Gasteiger partial charge in [-0.25, -0.2) is 0 Å². The maximum atomic E-state index is 12.9. The van der Waals surface area contributed by atoms with E-state index in [1.54, 1.807) is 0 Å². The molecule has 1 amide bonds. The summed E-state index contributed by atoms with van der Waals surface area (Å²) in [5.74, 6) is 0.0629. The molecule has 4 rings (SSSR count). The summed E-state index contributed by atoms with van der Waals surface area (Å²) < 4.78 is 0. The summed E-state index contributed by atoms with van der Waals surface area (Å²) >= 11 is 1.53. The fourth-order valence-electron chi connectivity index (χ4n) is 3.96. The molecule has 29 heavy (non-hydrogen) atoms. The van der Waals surface area contributed by atoms with Crippen LogP contribution in [0.5, 0.6) is 0 Å². The Bertz CT molecular complexity index is 968. The van der Waals surface area contributed by atoms with E-state index in [9.17, 15) is 4.79 Å². The van der Waals surface area contributed by atoms with Gasteiger partial charge in [0.15, 0.2) is 0 Å².